The number of aryl methyl sites for hydroxylation is 1. The summed E-state index contributed by atoms with van der Waals surface area (Å²) in [6, 6.07) is 0.165. The van der Waals surface area contributed by atoms with Crippen molar-refractivity contribution in [2.24, 2.45) is 0 Å². The highest BCUT2D eigenvalue weighted by atomic mass is 32.2. The predicted octanol–water partition coefficient (Wildman–Crippen LogP) is 0.931. The van der Waals surface area contributed by atoms with Crippen LogP contribution in [-0.2, 0) is 16.1 Å². The standard InChI is InChI=1S/C11H20N4O2S/c1-9(2)13-10(16)7-18-11-14-12-8-15(11)5-4-6-17-3/h8-9H,4-7H2,1-3H3,(H,13,16). The number of ether oxygens (including phenoxy) is 1. The molecule has 0 aliphatic rings. The van der Waals surface area contributed by atoms with E-state index in [0.717, 1.165) is 18.1 Å². The molecule has 0 saturated heterocycles. The van der Waals surface area contributed by atoms with Crippen LogP contribution in [0.2, 0.25) is 0 Å². The Morgan fingerprint density at radius 2 is 2.39 bits per heavy atom. The number of hydrogen-bond donors (Lipinski definition) is 1. The summed E-state index contributed by atoms with van der Waals surface area (Å²) in [5.41, 5.74) is 0. The van der Waals surface area contributed by atoms with Gasteiger partial charge in [-0.05, 0) is 20.3 Å². The molecule has 0 aromatic carbocycles. The van der Waals surface area contributed by atoms with Gasteiger partial charge in [0.1, 0.15) is 6.33 Å². The van der Waals surface area contributed by atoms with Crippen LogP contribution in [0.3, 0.4) is 0 Å². The molecule has 1 amide bonds. The average molecular weight is 272 g/mol. The van der Waals surface area contributed by atoms with E-state index in [0.29, 0.717) is 12.4 Å². The topological polar surface area (TPSA) is 69.0 Å². The minimum Gasteiger partial charge on any atom is -0.385 e. The molecule has 0 aliphatic heterocycles. The van der Waals surface area contributed by atoms with Gasteiger partial charge in [-0.2, -0.15) is 0 Å². The lowest BCUT2D eigenvalue weighted by Crippen LogP contribution is -2.31. The van der Waals surface area contributed by atoms with Crippen molar-refractivity contribution in [1.29, 1.82) is 0 Å². The Balaban J connectivity index is 2.37. The zero-order valence-electron chi connectivity index (χ0n) is 11.0. The van der Waals surface area contributed by atoms with Crippen LogP contribution in [0.1, 0.15) is 20.3 Å². The fourth-order valence-corrected chi connectivity index (χ4v) is 2.14. The van der Waals surface area contributed by atoms with Crippen LogP contribution in [0, 0.1) is 0 Å². The number of aromatic nitrogens is 3. The fourth-order valence-electron chi connectivity index (χ4n) is 1.38. The second kappa shape index (κ2) is 8.10. The number of nitrogens with one attached hydrogen (secondary N) is 1. The van der Waals surface area contributed by atoms with Crippen molar-refractivity contribution in [3.05, 3.63) is 6.33 Å². The molecule has 7 heteroatoms. The normalized spacial score (nSPS) is 10.9. The maximum atomic E-state index is 11.5. The van der Waals surface area contributed by atoms with Crippen molar-refractivity contribution in [2.75, 3.05) is 19.5 Å². The first kappa shape index (κ1) is 15.0. The molecule has 1 aromatic heterocycles. The van der Waals surface area contributed by atoms with E-state index in [9.17, 15) is 4.79 Å². The van der Waals surface area contributed by atoms with Gasteiger partial charge < -0.3 is 14.6 Å². The van der Waals surface area contributed by atoms with Crippen molar-refractivity contribution < 1.29 is 9.53 Å². The maximum absolute atomic E-state index is 11.5. The largest absolute Gasteiger partial charge is 0.385 e. The average Bonchev–Trinajstić information content (AvgIpc) is 2.73. The number of nitrogens with zero attached hydrogens (tertiary/aromatic N) is 3. The lowest BCUT2D eigenvalue weighted by molar-refractivity contribution is -0.119. The Kier molecular flexibility index (Phi) is 6.74. The highest BCUT2D eigenvalue weighted by Crippen LogP contribution is 2.14. The van der Waals surface area contributed by atoms with Crippen molar-refractivity contribution in [3.63, 3.8) is 0 Å². The summed E-state index contributed by atoms with van der Waals surface area (Å²) in [6.45, 7) is 5.39. The van der Waals surface area contributed by atoms with Gasteiger partial charge in [-0.15, -0.1) is 10.2 Å². The minimum absolute atomic E-state index is 0.0152. The molecule has 1 rings (SSSR count). The number of carbonyl (C=O) groups is 1. The van der Waals surface area contributed by atoms with Gasteiger partial charge in [0.25, 0.3) is 0 Å². The Morgan fingerprint density at radius 1 is 1.61 bits per heavy atom. The maximum Gasteiger partial charge on any atom is 0.230 e. The van der Waals surface area contributed by atoms with Crippen LogP contribution in [0.25, 0.3) is 0 Å². The summed E-state index contributed by atoms with van der Waals surface area (Å²) in [7, 11) is 1.68. The minimum atomic E-state index is 0.0152. The summed E-state index contributed by atoms with van der Waals surface area (Å²) in [5, 5.41) is 11.5. The first-order chi connectivity index (χ1) is 8.63. The summed E-state index contributed by atoms with van der Waals surface area (Å²) in [6.07, 6.45) is 2.58. The van der Waals surface area contributed by atoms with E-state index in [4.69, 9.17) is 4.74 Å². The van der Waals surface area contributed by atoms with Crippen LogP contribution < -0.4 is 5.32 Å². The SMILES string of the molecule is COCCCn1cnnc1SCC(=O)NC(C)C. The van der Waals surface area contributed by atoms with Gasteiger partial charge in [0.15, 0.2) is 5.16 Å². The summed E-state index contributed by atoms with van der Waals surface area (Å²) in [5.74, 6) is 0.377. The number of rotatable bonds is 8. The first-order valence-electron chi connectivity index (χ1n) is 5.92. The molecule has 0 spiro atoms. The van der Waals surface area contributed by atoms with Crippen molar-refractivity contribution in [1.82, 2.24) is 20.1 Å². The van der Waals surface area contributed by atoms with E-state index in [1.54, 1.807) is 13.4 Å². The molecule has 6 nitrogen and oxygen atoms in total. The Labute approximate surface area is 111 Å². The molecule has 1 heterocycles. The zero-order chi connectivity index (χ0) is 13.4. The zero-order valence-corrected chi connectivity index (χ0v) is 11.9. The number of amides is 1. The number of thioether (sulfide) groups is 1. The van der Waals surface area contributed by atoms with Crippen molar-refractivity contribution in [3.8, 4) is 0 Å². The summed E-state index contributed by atoms with van der Waals surface area (Å²) >= 11 is 1.40. The molecule has 0 bridgehead atoms. The smallest absolute Gasteiger partial charge is 0.230 e. The molecule has 0 radical (unpaired) electrons. The predicted molar refractivity (Wildman–Crippen MR) is 70.5 cm³/mol. The Hall–Kier alpha value is -1.08. The summed E-state index contributed by atoms with van der Waals surface area (Å²) < 4.78 is 6.93. The molecular formula is C11H20N4O2S. The molecule has 0 aliphatic carbocycles. The van der Waals surface area contributed by atoms with Crippen LogP contribution in [-0.4, -0.2) is 46.2 Å². The van der Waals surface area contributed by atoms with Crippen LogP contribution in [0.15, 0.2) is 11.5 Å². The van der Waals surface area contributed by atoms with Gasteiger partial charge in [-0.1, -0.05) is 11.8 Å². The molecular weight excluding hydrogens is 252 g/mol. The van der Waals surface area contributed by atoms with Crippen LogP contribution in [0.4, 0.5) is 0 Å². The fraction of sp³-hybridized carbons (Fsp3) is 0.727. The molecule has 1 aromatic rings. The first-order valence-corrected chi connectivity index (χ1v) is 6.91. The van der Waals surface area contributed by atoms with Gasteiger partial charge in [-0.25, -0.2) is 0 Å². The van der Waals surface area contributed by atoms with Crippen LogP contribution >= 0.6 is 11.8 Å². The summed E-state index contributed by atoms with van der Waals surface area (Å²) in [4.78, 5) is 11.5. The van der Waals surface area contributed by atoms with Crippen molar-refractivity contribution >= 4 is 17.7 Å². The second-order valence-electron chi connectivity index (χ2n) is 4.16. The van der Waals surface area contributed by atoms with E-state index in [1.807, 2.05) is 18.4 Å². The van der Waals surface area contributed by atoms with E-state index >= 15 is 0 Å². The van der Waals surface area contributed by atoms with E-state index < -0.39 is 0 Å². The van der Waals surface area contributed by atoms with Crippen molar-refractivity contribution in [2.45, 2.75) is 38.0 Å². The lowest BCUT2D eigenvalue weighted by Gasteiger charge is -2.08. The Morgan fingerprint density at radius 3 is 3.06 bits per heavy atom. The quantitative estimate of drug-likeness (QED) is 0.563. The van der Waals surface area contributed by atoms with E-state index in [-0.39, 0.29) is 11.9 Å². The van der Waals surface area contributed by atoms with Gasteiger partial charge in [-0.3, -0.25) is 4.79 Å². The number of methoxy groups -OCH3 is 1. The van der Waals surface area contributed by atoms with Gasteiger partial charge >= 0.3 is 0 Å². The monoisotopic (exact) mass is 272 g/mol. The third kappa shape index (κ3) is 5.50. The highest BCUT2D eigenvalue weighted by Gasteiger charge is 2.09. The second-order valence-corrected chi connectivity index (χ2v) is 5.11. The Bertz CT molecular complexity index is 368. The third-order valence-corrected chi connectivity index (χ3v) is 3.09. The number of carbonyl (C=O) groups excluding carboxylic acids is 1. The van der Waals surface area contributed by atoms with E-state index in [2.05, 4.69) is 15.5 Å². The van der Waals surface area contributed by atoms with Gasteiger partial charge in [0, 0.05) is 26.3 Å². The van der Waals surface area contributed by atoms with E-state index in [1.165, 1.54) is 11.8 Å². The molecule has 1 N–H and O–H groups in total. The number of hydrogen-bond acceptors (Lipinski definition) is 5. The molecule has 102 valence electrons. The molecule has 18 heavy (non-hydrogen) atoms. The third-order valence-electron chi connectivity index (χ3n) is 2.11. The van der Waals surface area contributed by atoms with Gasteiger partial charge in [0.05, 0.1) is 5.75 Å². The van der Waals surface area contributed by atoms with Crippen LogP contribution in [0.5, 0.6) is 0 Å². The molecule has 0 unspecified atom stereocenters. The molecule has 0 saturated carbocycles. The molecule has 0 fully saturated rings. The van der Waals surface area contributed by atoms with Gasteiger partial charge in [0.2, 0.25) is 5.91 Å². The molecule has 0 atom stereocenters. The lowest BCUT2D eigenvalue weighted by atomic mass is 10.4. The highest BCUT2D eigenvalue weighted by molar-refractivity contribution is 7.99.